The van der Waals surface area contributed by atoms with Gasteiger partial charge in [-0.2, -0.15) is 0 Å². The molecule has 1 atom stereocenters. The van der Waals surface area contributed by atoms with Crippen LogP contribution >= 0.6 is 0 Å². The molecule has 1 aliphatic rings. The molecule has 0 spiro atoms. The topological polar surface area (TPSA) is 79.3 Å². The van der Waals surface area contributed by atoms with Crippen molar-refractivity contribution in [2.24, 2.45) is 0 Å². The second-order valence-corrected chi connectivity index (χ2v) is 4.85. The largest absolute Gasteiger partial charge is 0.375 e. The zero-order valence-electron chi connectivity index (χ0n) is 10.8. The van der Waals surface area contributed by atoms with Crippen molar-refractivity contribution in [3.05, 3.63) is 59.7 Å². The molecule has 0 fully saturated rings. The quantitative estimate of drug-likeness (QED) is 0.841. The minimum Gasteiger partial charge on any atom is -0.375 e. The summed E-state index contributed by atoms with van der Waals surface area (Å²) >= 11 is 0. The van der Waals surface area contributed by atoms with E-state index in [4.69, 9.17) is 0 Å². The third-order valence-electron chi connectivity index (χ3n) is 3.45. The molecule has 1 amide bonds. The molecule has 0 radical (unpaired) electrons. The molecule has 1 aromatic carbocycles. The molecule has 106 valence electrons. The monoisotopic (exact) mass is 286 g/mol. The second-order valence-electron chi connectivity index (χ2n) is 4.85. The van der Waals surface area contributed by atoms with Crippen LogP contribution in [0.4, 0.5) is 10.1 Å². The molecule has 2 N–H and O–H groups in total. The van der Waals surface area contributed by atoms with E-state index in [1.165, 1.54) is 30.6 Å². The number of nitrogens with one attached hydrogen (secondary N) is 1. The summed E-state index contributed by atoms with van der Waals surface area (Å²) in [5.41, 5.74) is -1.40. The summed E-state index contributed by atoms with van der Waals surface area (Å²) < 4.78 is 13.3. The van der Waals surface area contributed by atoms with Crippen LogP contribution in [0.3, 0.4) is 0 Å². The summed E-state index contributed by atoms with van der Waals surface area (Å²) in [6.45, 7) is 0. The summed E-state index contributed by atoms with van der Waals surface area (Å²) in [5.74, 6) is -1.77. The van der Waals surface area contributed by atoms with Crippen molar-refractivity contribution in [3.63, 3.8) is 0 Å². The van der Waals surface area contributed by atoms with Gasteiger partial charge < -0.3 is 10.4 Å². The van der Waals surface area contributed by atoms with Gasteiger partial charge in [0.15, 0.2) is 11.4 Å². The Morgan fingerprint density at radius 1 is 1.38 bits per heavy atom. The van der Waals surface area contributed by atoms with Crippen LogP contribution in [0.5, 0.6) is 0 Å². The van der Waals surface area contributed by atoms with Crippen molar-refractivity contribution in [1.82, 2.24) is 4.98 Å². The van der Waals surface area contributed by atoms with Crippen LogP contribution in [0.15, 0.2) is 42.7 Å². The van der Waals surface area contributed by atoms with Crippen molar-refractivity contribution in [3.8, 4) is 0 Å². The van der Waals surface area contributed by atoms with Crippen LogP contribution in [-0.2, 0) is 10.4 Å². The SMILES string of the molecule is O=C(CC1(O)C(=O)Nc2ccc(F)cc21)c1cccnc1. The number of benzene rings is 1. The van der Waals surface area contributed by atoms with Gasteiger partial charge in [0.1, 0.15) is 5.82 Å². The fourth-order valence-corrected chi connectivity index (χ4v) is 2.35. The zero-order valence-corrected chi connectivity index (χ0v) is 10.8. The maximum atomic E-state index is 13.3. The number of fused-ring (bicyclic) bond motifs is 1. The number of nitrogens with zero attached hydrogens (tertiary/aromatic N) is 1. The molecule has 5 nitrogen and oxygen atoms in total. The van der Waals surface area contributed by atoms with Gasteiger partial charge in [0, 0.05) is 29.2 Å². The lowest BCUT2D eigenvalue weighted by Crippen LogP contribution is -2.36. The number of ketones is 1. The molecule has 2 heterocycles. The van der Waals surface area contributed by atoms with E-state index in [9.17, 15) is 19.1 Å². The van der Waals surface area contributed by atoms with Crippen LogP contribution in [0.25, 0.3) is 0 Å². The normalized spacial score (nSPS) is 20.0. The molecule has 21 heavy (non-hydrogen) atoms. The Kier molecular flexibility index (Phi) is 3.03. The highest BCUT2D eigenvalue weighted by Gasteiger charge is 2.47. The number of carbonyl (C=O) groups excluding carboxylic acids is 2. The summed E-state index contributed by atoms with van der Waals surface area (Å²) in [6.07, 6.45) is 2.39. The van der Waals surface area contributed by atoms with Crippen LogP contribution in [0, 0.1) is 5.82 Å². The average Bonchev–Trinajstić information content (AvgIpc) is 2.72. The second kappa shape index (κ2) is 4.75. The third kappa shape index (κ3) is 2.19. The first-order valence-corrected chi connectivity index (χ1v) is 6.28. The van der Waals surface area contributed by atoms with E-state index in [1.807, 2.05) is 0 Å². The molecule has 0 saturated carbocycles. The first kappa shape index (κ1) is 13.4. The number of amides is 1. The number of aliphatic hydroxyl groups is 1. The van der Waals surface area contributed by atoms with Crippen molar-refractivity contribution >= 4 is 17.4 Å². The molecule has 1 unspecified atom stereocenters. The van der Waals surface area contributed by atoms with Gasteiger partial charge in [-0.05, 0) is 30.3 Å². The van der Waals surface area contributed by atoms with E-state index in [-0.39, 0.29) is 11.1 Å². The van der Waals surface area contributed by atoms with Gasteiger partial charge >= 0.3 is 0 Å². The molecule has 0 aliphatic carbocycles. The van der Waals surface area contributed by atoms with Crippen molar-refractivity contribution < 1.29 is 19.1 Å². The number of hydrogen-bond donors (Lipinski definition) is 2. The molecular formula is C15H11FN2O3. The minimum atomic E-state index is -2.07. The number of rotatable bonds is 3. The van der Waals surface area contributed by atoms with E-state index in [0.717, 1.165) is 6.07 Å². The van der Waals surface area contributed by atoms with E-state index in [2.05, 4.69) is 10.3 Å². The van der Waals surface area contributed by atoms with Crippen LogP contribution < -0.4 is 5.32 Å². The molecule has 3 rings (SSSR count). The number of pyridine rings is 1. The van der Waals surface area contributed by atoms with Crippen molar-refractivity contribution in [2.45, 2.75) is 12.0 Å². The summed E-state index contributed by atoms with van der Waals surface area (Å²) in [7, 11) is 0. The lowest BCUT2D eigenvalue weighted by Gasteiger charge is -2.19. The standard InChI is InChI=1S/C15H11FN2O3/c16-10-3-4-12-11(6-10)15(21,14(20)18-12)7-13(19)9-2-1-5-17-8-9/h1-6,8,21H,7H2,(H,18,20). The Morgan fingerprint density at radius 2 is 2.19 bits per heavy atom. The van der Waals surface area contributed by atoms with E-state index in [0.29, 0.717) is 5.69 Å². The molecule has 1 aromatic heterocycles. The zero-order chi connectivity index (χ0) is 15.0. The van der Waals surface area contributed by atoms with Crippen LogP contribution in [-0.4, -0.2) is 21.8 Å². The first-order valence-electron chi connectivity index (χ1n) is 6.28. The Balaban J connectivity index is 1.97. The molecule has 0 saturated heterocycles. The predicted octanol–water partition coefficient (Wildman–Crippen LogP) is 1.63. The third-order valence-corrected chi connectivity index (χ3v) is 3.45. The van der Waals surface area contributed by atoms with Gasteiger partial charge in [-0.15, -0.1) is 0 Å². The fourth-order valence-electron chi connectivity index (χ4n) is 2.35. The molecule has 6 heteroatoms. The van der Waals surface area contributed by atoms with Gasteiger partial charge in [0.05, 0.1) is 6.42 Å². The highest BCUT2D eigenvalue weighted by molar-refractivity contribution is 6.09. The van der Waals surface area contributed by atoms with Crippen LogP contribution in [0.2, 0.25) is 0 Å². The van der Waals surface area contributed by atoms with Gasteiger partial charge in [-0.3, -0.25) is 14.6 Å². The summed E-state index contributed by atoms with van der Waals surface area (Å²) in [6, 6.07) is 6.71. The van der Waals surface area contributed by atoms with Crippen molar-refractivity contribution in [1.29, 1.82) is 0 Å². The number of carbonyl (C=O) groups is 2. The Hall–Kier alpha value is -2.60. The van der Waals surface area contributed by atoms with E-state index >= 15 is 0 Å². The molecule has 0 bridgehead atoms. The lowest BCUT2D eigenvalue weighted by atomic mass is 9.88. The molecular weight excluding hydrogens is 275 g/mol. The smallest absolute Gasteiger partial charge is 0.261 e. The first-order chi connectivity index (χ1) is 10.0. The highest BCUT2D eigenvalue weighted by Crippen LogP contribution is 2.39. The lowest BCUT2D eigenvalue weighted by molar-refractivity contribution is -0.133. The van der Waals surface area contributed by atoms with Gasteiger partial charge in [-0.1, -0.05) is 0 Å². The minimum absolute atomic E-state index is 0.0738. The number of anilines is 1. The number of hydrogen-bond acceptors (Lipinski definition) is 4. The summed E-state index contributed by atoms with van der Waals surface area (Å²) in [5, 5.41) is 13.0. The maximum absolute atomic E-state index is 13.3. The maximum Gasteiger partial charge on any atom is 0.261 e. The van der Waals surface area contributed by atoms with Crippen molar-refractivity contribution in [2.75, 3.05) is 5.32 Å². The highest BCUT2D eigenvalue weighted by atomic mass is 19.1. The Labute approximate surface area is 119 Å². The predicted molar refractivity (Wildman–Crippen MR) is 72.1 cm³/mol. The Bertz CT molecular complexity index is 733. The van der Waals surface area contributed by atoms with E-state index < -0.39 is 29.5 Å². The van der Waals surface area contributed by atoms with Gasteiger partial charge in [-0.25, -0.2) is 4.39 Å². The van der Waals surface area contributed by atoms with Crippen LogP contribution in [0.1, 0.15) is 22.3 Å². The van der Waals surface area contributed by atoms with E-state index in [1.54, 1.807) is 6.07 Å². The fraction of sp³-hybridized carbons (Fsp3) is 0.133. The molecule has 1 aliphatic heterocycles. The summed E-state index contributed by atoms with van der Waals surface area (Å²) in [4.78, 5) is 28.0. The Morgan fingerprint density at radius 3 is 2.90 bits per heavy atom. The van der Waals surface area contributed by atoms with Gasteiger partial charge in [0.2, 0.25) is 0 Å². The van der Waals surface area contributed by atoms with Gasteiger partial charge in [0.25, 0.3) is 5.91 Å². The number of halogens is 1. The average molecular weight is 286 g/mol. The molecule has 2 aromatic rings. The number of aromatic nitrogens is 1. The number of Topliss-reactive ketones (excluding diaryl/α,β-unsaturated/α-hetero) is 1.